The van der Waals surface area contributed by atoms with Crippen molar-refractivity contribution in [2.24, 2.45) is 16.7 Å². The molecule has 13 atom stereocenters. The van der Waals surface area contributed by atoms with E-state index in [1.165, 1.54) is 6.92 Å². The molecule has 5 aliphatic rings. The van der Waals surface area contributed by atoms with E-state index in [4.69, 9.17) is 32.3 Å². The molecule has 2 aliphatic heterocycles. The number of carbonyl (C=O) groups excluding carboxylic acids is 5. The molecule has 3 aromatic carbocycles. The molecule has 0 spiro atoms. The maximum absolute atomic E-state index is 16.4. The summed E-state index contributed by atoms with van der Waals surface area (Å²) >= 11 is 0. The van der Waals surface area contributed by atoms with Gasteiger partial charge in [0.15, 0.2) is 34.1 Å². The summed E-state index contributed by atoms with van der Waals surface area (Å²) in [6.07, 6.45) is -7.32. The minimum absolute atomic E-state index is 0.148. The number of esters is 3. The summed E-state index contributed by atoms with van der Waals surface area (Å²) in [4.78, 5) is 73.3. The normalized spacial score (nSPS) is 33.1. The van der Waals surface area contributed by atoms with Gasteiger partial charge in [-0.25, -0.2) is 9.59 Å². The Balaban J connectivity index is 1.33. The van der Waals surface area contributed by atoms with Crippen LogP contribution in [0.4, 0.5) is 0 Å². The Hall–Kier alpha value is -3.96. The highest BCUT2D eigenvalue weighted by Crippen LogP contribution is 2.65. The van der Waals surface area contributed by atoms with Crippen molar-refractivity contribution in [2.45, 2.75) is 133 Å². The molecule has 2 heterocycles. The van der Waals surface area contributed by atoms with Gasteiger partial charge in [-0.05, 0) is 86.7 Å². The second-order valence-corrected chi connectivity index (χ2v) is 31.0. The number of fused-ring (bicyclic) bond motifs is 6. The lowest BCUT2D eigenvalue weighted by atomic mass is 9.44. The number of amides is 1. The fraction of sp³-hybridized carbons (Fsp3) is 0.500. The number of carbonyl (C=O) groups is 5. The number of nitrogens with one attached hydrogen (secondary N) is 1. The van der Waals surface area contributed by atoms with Crippen LogP contribution in [-0.2, 0) is 46.7 Å². The lowest BCUT2D eigenvalue weighted by Crippen LogP contribution is -2.82. The van der Waals surface area contributed by atoms with Crippen molar-refractivity contribution < 1.29 is 61.4 Å². The van der Waals surface area contributed by atoms with Crippen LogP contribution in [0.5, 0.6) is 0 Å². The van der Waals surface area contributed by atoms with E-state index in [9.17, 15) is 19.5 Å². The first-order valence-electron chi connectivity index (χ1n) is 23.1. The van der Waals surface area contributed by atoms with E-state index >= 15 is 9.59 Å². The summed E-state index contributed by atoms with van der Waals surface area (Å²) in [6, 6.07) is 24.8. The van der Waals surface area contributed by atoms with Gasteiger partial charge >= 0.3 is 17.9 Å². The van der Waals surface area contributed by atoms with Crippen LogP contribution in [0.2, 0.25) is 31.9 Å². The third kappa shape index (κ3) is 8.80. The third-order valence-corrected chi connectivity index (χ3v) is 24.5. The number of hydrogen-bond donors (Lipinski definition) is 2. The summed E-state index contributed by atoms with van der Waals surface area (Å²) in [6.45, 7) is 16.6. The number of ketones is 1. The van der Waals surface area contributed by atoms with E-state index in [0.29, 0.717) is 27.9 Å². The molecule has 18 heteroatoms. The van der Waals surface area contributed by atoms with Gasteiger partial charge in [0.2, 0.25) is 0 Å². The summed E-state index contributed by atoms with van der Waals surface area (Å²) in [5.74, 6) is -4.38. The lowest BCUT2D eigenvalue weighted by Gasteiger charge is -2.68. The molecule has 1 amide bonds. The lowest BCUT2D eigenvalue weighted by molar-refractivity contribution is -0.344. The van der Waals surface area contributed by atoms with Crippen LogP contribution < -0.4 is 5.32 Å². The number of benzene rings is 3. The minimum Gasteiger partial charge on any atom is -0.456 e. The van der Waals surface area contributed by atoms with Gasteiger partial charge in [-0.3, -0.25) is 14.4 Å². The van der Waals surface area contributed by atoms with Crippen molar-refractivity contribution in [2.75, 3.05) is 6.61 Å². The highest BCUT2D eigenvalue weighted by atomic mass is 32.0. The average Bonchev–Trinajstić information content (AvgIpc) is 3.30. The molecule has 14 nitrogen and oxygen atoms in total. The van der Waals surface area contributed by atoms with E-state index in [-0.39, 0.29) is 39.3 Å². The van der Waals surface area contributed by atoms with Crippen LogP contribution in [0.1, 0.15) is 79.8 Å². The highest BCUT2D eigenvalue weighted by Gasteiger charge is 2.79. The molecular weight excluding hydrogens is 941 g/mol. The Bertz CT molecular complexity index is 2480. The quantitative estimate of drug-likeness (QED) is 0.0631. The van der Waals surface area contributed by atoms with E-state index in [1.807, 2.05) is 6.07 Å². The summed E-state index contributed by atoms with van der Waals surface area (Å²) in [5, 5.41) is 17.2. The third-order valence-electron chi connectivity index (χ3n) is 15.1. The van der Waals surface area contributed by atoms with Crippen molar-refractivity contribution in [3.8, 4) is 0 Å². The zero-order chi connectivity index (χ0) is 49.2. The van der Waals surface area contributed by atoms with Crippen LogP contribution in [0.25, 0.3) is 0 Å². The minimum atomic E-state index is -2.85. The van der Waals surface area contributed by atoms with Crippen LogP contribution >= 0.6 is 17.4 Å². The Morgan fingerprint density at radius 2 is 1.44 bits per heavy atom. The van der Waals surface area contributed by atoms with Gasteiger partial charge in [0.1, 0.15) is 30.0 Å². The molecule has 8 rings (SSSR count). The van der Waals surface area contributed by atoms with Gasteiger partial charge in [-0.1, -0.05) is 89.5 Å². The van der Waals surface area contributed by atoms with Crippen molar-refractivity contribution >= 4 is 63.7 Å². The molecule has 364 valence electrons. The predicted octanol–water partition coefficient (Wildman–Crippen LogP) is 7.58. The molecule has 4 bridgehead atoms. The number of rotatable bonds is 11. The number of aliphatic hydroxyl groups is 1. The summed E-state index contributed by atoms with van der Waals surface area (Å²) in [7, 11) is -3.37. The average molecular weight is 1000 g/mol. The Morgan fingerprint density at radius 3 is 2.01 bits per heavy atom. The van der Waals surface area contributed by atoms with E-state index in [0.717, 1.165) is 0 Å². The molecule has 0 radical (unpaired) electrons. The molecule has 4 fully saturated rings. The Kier molecular flexibility index (Phi) is 13.8. The molecule has 3 aliphatic carbocycles. The van der Waals surface area contributed by atoms with Crippen LogP contribution in [0, 0.1) is 16.7 Å². The van der Waals surface area contributed by atoms with Gasteiger partial charge in [0, 0.05) is 39.2 Å². The van der Waals surface area contributed by atoms with Crippen LogP contribution in [0.3, 0.4) is 0 Å². The van der Waals surface area contributed by atoms with Gasteiger partial charge in [-0.15, -0.1) is 0 Å². The summed E-state index contributed by atoms with van der Waals surface area (Å²) < 4.78 is 46.7. The largest absolute Gasteiger partial charge is 0.456 e. The van der Waals surface area contributed by atoms with Gasteiger partial charge in [0.25, 0.3) is 5.91 Å². The molecular formula is C50H63NO13P2Si2. The first-order chi connectivity index (χ1) is 32.0. The van der Waals surface area contributed by atoms with Crippen molar-refractivity contribution in [1.82, 2.24) is 5.32 Å². The SMILES string of the molecule is CC(=O)O[C@@]12CO[C@@H]1C[C@@H]1O[Si](C)(C)C[Si](C)(C)O[C@H]3C(=O)[C@@]1(C)C2[C@H](OC(=O)c1ccccc1)[C@]1(O)C[C@H](OC(=O)[C@H](OPP)[C@@H](NC(=O)c2ccccc2)c2ccccc2)C(C)=C3C1(C)C. The second-order valence-electron chi connectivity index (χ2n) is 20.9. The molecule has 2 N–H and O–H groups in total. The monoisotopic (exact) mass is 1000 g/mol. The molecule has 68 heavy (non-hydrogen) atoms. The fourth-order valence-electron chi connectivity index (χ4n) is 12.2. The molecule has 0 aromatic heterocycles. The smallest absolute Gasteiger partial charge is 0.338 e. The summed E-state index contributed by atoms with van der Waals surface area (Å²) in [5.41, 5.74) is -4.19. The van der Waals surface area contributed by atoms with Gasteiger partial charge < -0.3 is 42.7 Å². The highest BCUT2D eigenvalue weighted by molar-refractivity contribution is 8.00. The van der Waals surface area contributed by atoms with E-state index in [2.05, 4.69) is 40.4 Å². The maximum Gasteiger partial charge on any atom is 0.338 e. The van der Waals surface area contributed by atoms with Crippen LogP contribution in [0.15, 0.2) is 102 Å². The van der Waals surface area contributed by atoms with E-state index in [1.54, 1.807) is 113 Å². The number of Topliss-reactive ketones (excluding diaryl/α,β-unsaturated/α-hetero) is 1. The predicted molar refractivity (Wildman–Crippen MR) is 263 cm³/mol. The van der Waals surface area contributed by atoms with E-state index < -0.39 is 111 Å². The first-order valence-corrected chi connectivity index (χ1v) is 32.1. The second kappa shape index (κ2) is 18.7. The fourth-order valence-corrected chi connectivity index (χ4v) is 23.8. The molecule has 2 saturated carbocycles. The van der Waals surface area contributed by atoms with Crippen molar-refractivity contribution in [1.29, 1.82) is 0 Å². The molecule has 3 aromatic rings. The molecule has 2 saturated heterocycles. The Labute approximate surface area is 404 Å². The standard InChI is InChI=1S/C50H63NO13P2Si2/c1-29-34(59-46(56)40(62-66-65)38(31-19-13-10-14-20-31)51-44(54)32-21-15-11-16-22-32)26-50(57)43(60-45(55)33-23-17-12-18-24-33)41-48(5)35(25-36-49(41,27-58-36)61-30(2)52)63-67(6,7)28-68(8,9)64-39(42(48)53)37(29)47(50,3)4/h10-24,34-36,38-41,43,57,66H,25-28,65H2,1-9H3,(H,51,54)/t34-,35-,36+,38-,39+,40+,41?,43-,48+,49-,50+/m0/s1. The van der Waals surface area contributed by atoms with Gasteiger partial charge in [0.05, 0.1) is 35.6 Å². The zero-order valence-electron chi connectivity index (χ0n) is 40.0. The zero-order valence-corrected chi connectivity index (χ0v) is 44.2. The Morgan fingerprint density at radius 1 is 0.853 bits per heavy atom. The topological polar surface area (TPSA) is 182 Å². The number of hydrogen-bond acceptors (Lipinski definition) is 13. The van der Waals surface area contributed by atoms with Crippen molar-refractivity contribution in [3.63, 3.8) is 0 Å². The first kappa shape index (κ1) is 50.4. The molecule has 3 unspecified atom stereocenters. The maximum atomic E-state index is 16.4. The number of ether oxygens (including phenoxy) is 4. The van der Waals surface area contributed by atoms with Crippen LogP contribution in [-0.4, -0.2) is 106 Å². The van der Waals surface area contributed by atoms with Crippen molar-refractivity contribution in [3.05, 3.63) is 119 Å². The van der Waals surface area contributed by atoms with Gasteiger partial charge in [-0.2, -0.15) is 0 Å².